The minimum atomic E-state index is -4.63. The van der Waals surface area contributed by atoms with E-state index in [1.807, 2.05) is 0 Å². The third-order valence-electron chi connectivity index (χ3n) is 2.93. The van der Waals surface area contributed by atoms with Crippen LogP contribution in [0.3, 0.4) is 0 Å². The van der Waals surface area contributed by atoms with Crippen LogP contribution < -0.4 is 4.74 Å². The second-order valence-electron chi connectivity index (χ2n) is 5.06. The Morgan fingerprint density at radius 3 is 2.20 bits per heavy atom. The van der Waals surface area contributed by atoms with Gasteiger partial charge in [-0.2, -0.15) is 0 Å². The SMILES string of the molecule is CCCCC(Sc1ccc(OC(F)(F)F)cc1)C(C)C. The number of halogens is 3. The van der Waals surface area contributed by atoms with Crippen molar-refractivity contribution in [1.82, 2.24) is 0 Å². The highest BCUT2D eigenvalue weighted by Gasteiger charge is 2.31. The van der Waals surface area contributed by atoms with Crippen LogP contribution in [0.2, 0.25) is 0 Å². The van der Waals surface area contributed by atoms with E-state index in [2.05, 4.69) is 25.5 Å². The van der Waals surface area contributed by atoms with Crippen molar-refractivity contribution in [3.8, 4) is 5.75 Å². The molecular formula is C15H21F3OS. The summed E-state index contributed by atoms with van der Waals surface area (Å²) < 4.78 is 40.1. The number of hydrogen-bond donors (Lipinski definition) is 0. The van der Waals surface area contributed by atoms with E-state index in [0.717, 1.165) is 17.7 Å². The first-order chi connectivity index (χ1) is 9.31. The Balaban J connectivity index is 2.63. The molecule has 1 atom stereocenters. The molecule has 1 nitrogen and oxygen atoms in total. The monoisotopic (exact) mass is 306 g/mol. The molecule has 0 spiro atoms. The smallest absolute Gasteiger partial charge is 0.406 e. The predicted molar refractivity (Wildman–Crippen MR) is 77.1 cm³/mol. The molecule has 5 heteroatoms. The standard InChI is InChI=1S/C15H21F3OS/c1-4-5-6-14(11(2)3)20-13-9-7-12(8-10-13)19-15(16,17)18/h7-11,14H,4-6H2,1-3H3. The van der Waals surface area contributed by atoms with Gasteiger partial charge in [0.15, 0.2) is 0 Å². The molecule has 0 heterocycles. The van der Waals surface area contributed by atoms with Crippen LogP contribution in [0.25, 0.3) is 0 Å². The first kappa shape index (κ1) is 17.2. The van der Waals surface area contributed by atoms with Gasteiger partial charge in [0.1, 0.15) is 5.75 Å². The van der Waals surface area contributed by atoms with Crippen molar-refractivity contribution in [2.75, 3.05) is 0 Å². The van der Waals surface area contributed by atoms with Crippen LogP contribution in [0.4, 0.5) is 13.2 Å². The lowest BCUT2D eigenvalue weighted by Crippen LogP contribution is -2.17. The van der Waals surface area contributed by atoms with Crippen molar-refractivity contribution >= 4 is 11.8 Å². The number of ether oxygens (including phenoxy) is 1. The molecule has 0 aliphatic rings. The zero-order chi connectivity index (χ0) is 15.2. The van der Waals surface area contributed by atoms with Crippen molar-refractivity contribution in [3.63, 3.8) is 0 Å². The van der Waals surface area contributed by atoms with E-state index in [1.54, 1.807) is 23.9 Å². The first-order valence-electron chi connectivity index (χ1n) is 6.84. The molecule has 0 bridgehead atoms. The molecule has 1 aromatic rings. The zero-order valence-electron chi connectivity index (χ0n) is 12.0. The number of rotatable bonds is 7. The van der Waals surface area contributed by atoms with Crippen LogP contribution in [0.1, 0.15) is 40.0 Å². The van der Waals surface area contributed by atoms with Gasteiger partial charge in [-0.1, -0.05) is 33.6 Å². The molecular weight excluding hydrogens is 285 g/mol. The van der Waals surface area contributed by atoms with E-state index in [0.29, 0.717) is 11.2 Å². The summed E-state index contributed by atoms with van der Waals surface area (Å²) in [6, 6.07) is 6.11. The molecule has 1 rings (SSSR count). The molecule has 20 heavy (non-hydrogen) atoms. The Kier molecular flexibility index (Phi) is 6.72. The normalized spacial score (nSPS) is 13.6. The predicted octanol–water partition coefficient (Wildman–Crippen LogP) is 5.89. The zero-order valence-corrected chi connectivity index (χ0v) is 12.9. The van der Waals surface area contributed by atoms with Crippen molar-refractivity contribution in [3.05, 3.63) is 24.3 Å². The molecule has 0 saturated heterocycles. The molecule has 0 saturated carbocycles. The second-order valence-corrected chi connectivity index (χ2v) is 6.37. The van der Waals surface area contributed by atoms with Crippen LogP contribution in [0, 0.1) is 5.92 Å². The number of benzene rings is 1. The van der Waals surface area contributed by atoms with Gasteiger partial charge in [0.25, 0.3) is 0 Å². The average molecular weight is 306 g/mol. The Labute approximate surface area is 122 Å². The van der Waals surface area contributed by atoms with E-state index in [4.69, 9.17) is 0 Å². The quantitative estimate of drug-likeness (QED) is 0.581. The van der Waals surface area contributed by atoms with Crippen LogP contribution in [0.5, 0.6) is 5.75 Å². The fourth-order valence-corrected chi connectivity index (χ4v) is 3.03. The highest BCUT2D eigenvalue weighted by atomic mass is 32.2. The van der Waals surface area contributed by atoms with E-state index in [9.17, 15) is 13.2 Å². The number of thioether (sulfide) groups is 1. The summed E-state index contributed by atoms with van der Waals surface area (Å²) in [6.45, 7) is 6.51. The Morgan fingerprint density at radius 2 is 1.75 bits per heavy atom. The maximum absolute atomic E-state index is 12.1. The lowest BCUT2D eigenvalue weighted by molar-refractivity contribution is -0.274. The Morgan fingerprint density at radius 1 is 1.15 bits per heavy atom. The lowest BCUT2D eigenvalue weighted by Gasteiger charge is -2.20. The van der Waals surface area contributed by atoms with Gasteiger partial charge in [0, 0.05) is 10.1 Å². The highest BCUT2D eigenvalue weighted by Crippen LogP contribution is 2.33. The maximum Gasteiger partial charge on any atom is 0.573 e. The second kappa shape index (κ2) is 7.81. The Bertz CT molecular complexity index is 387. The van der Waals surface area contributed by atoms with Crippen molar-refractivity contribution < 1.29 is 17.9 Å². The highest BCUT2D eigenvalue weighted by molar-refractivity contribution is 8.00. The maximum atomic E-state index is 12.1. The number of unbranched alkanes of at least 4 members (excludes halogenated alkanes) is 1. The van der Waals surface area contributed by atoms with Crippen molar-refractivity contribution in [2.45, 2.75) is 56.5 Å². The summed E-state index contributed by atoms with van der Waals surface area (Å²) in [5, 5.41) is 0.490. The topological polar surface area (TPSA) is 9.23 Å². The van der Waals surface area contributed by atoms with Gasteiger partial charge in [0.2, 0.25) is 0 Å². The fourth-order valence-electron chi connectivity index (χ4n) is 1.83. The molecule has 0 aliphatic heterocycles. The van der Waals surface area contributed by atoms with Gasteiger partial charge in [-0.3, -0.25) is 0 Å². The van der Waals surface area contributed by atoms with Gasteiger partial charge in [-0.05, 0) is 36.6 Å². The molecule has 0 aromatic heterocycles. The van der Waals surface area contributed by atoms with Crippen LogP contribution >= 0.6 is 11.8 Å². The van der Waals surface area contributed by atoms with Crippen LogP contribution in [-0.2, 0) is 0 Å². The first-order valence-corrected chi connectivity index (χ1v) is 7.72. The molecule has 0 amide bonds. The summed E-state index contributed by atoms with van der Waals surface area (Å²) in [6.07, 6.45) is -1.18. The molecule has 1 aromatic carbocycles. The summed E-state index contributed by atoms with van der Waals surface area (Å²) in [7, 11) is 0. The summed E-state index contributed by atoms with van der Waals surface area (Å²) in [5.41, 5.74) is 0. The van der Waals surface area contributed by atoms with Crippen molar-refractivity contribution in [1.29, 1.82) is 0 Å². The van der Waals surface area contributed by atoms with E-state index in [1.165, 1.54) is 18.6 Å². The van der Waals surface area contributed by atoms with Gasteiger partial charge < -0.3 is 4.74 Å². The molecule has 0 aliphatic carbocycles. The summed E-state index contributed by atoms with van der Waals surface area (Å²) in [4.78, 5) is 0.981. The van der Waals surface area contributed by atoms with Crippen molar-refractivity contribution in [2.24, 2.45) is 5.92 Å². The third-order valence-corrected chi connectivity index (χ3v) is 4.56. The van der Waals surface area contributed by atoms with Gasteiger partial charge in [-0.15, -0.1) is 24.9 Å². The Hall–Kier alpha value is -0.840. The van der Waals surface area contributed by atoms with Gasteiger partial charge in [-0.25, -0.2) is 0 Å². The summed E-state index contributed by atoms with van der Waals surface area (Å²) >= 11 is 1.73. The van der Waals surface area contributed by atoms with Gasteiger partial charge in [0.05, 0.1) is 0 Å². The third kappa shape index (κ3) is 6.55. The minimum absolute atomic E-state index is 0.170. The largest absolute Gasteiger partial charge is 0.573 e. The van der Waals surface area contributed by atoms with E-state index < -0.39 is 6.36 Å². The van der Waals surface area contributed by atoms with E-state index in [-0.39, 0.29) is 5.75 Å². The fraction of sp³-hybridized carbons (Fsp3) is 0.600. The molecule has 0 radical (unpaired) electrons. The molecule has 0 fully saturated rings. The summed E-state index contributed by atoms with van der Waals surface area (Å²) in [5.74, 6) is 0.370. The van der Waals surface area contributed by atoms with Gasteiger partial charge >= 0.3 is 6.36 Å². The average Bonchev–Trinajstić information content (AvgIpc) is 2.34. The van der Waals surface area contributed by atoms with Crippen LogP contribution in [-0.4, -0.2) is 11.6 Å². The molecule has 1 unspecified atom stereocenters. The van der Waals surface area contributed by atoms with E-state index >= 15 is 0 Å². The lowest BCUT2D eigenvalue weighted by atomic mass is 10.1. The molecule has 0 N–H and O–H groups in total. The van der Waals surface area contributed by atoms with Crippen LogP contribution in [0.15, 0.2) is 29.2 Å². The number of alkyl halides is 3. The minimum Gasteiger partial charge on any atom is -0.406 e. The molecule has 114 valence electrons. The number of hydrogen-bond acceptors (Lipinski definition) is 2.